The molecule has 1 amide bonds. The number of para-hydroxylation sites is 2. The van der Waals surface area contributed by atoms with Gasteiger partial charge in [-0.05, 0) is 93.6 Å². The third kappa shape index (κ3) is 14.3. The SMILES string of the molecule is COc1ccc(-c2cc3ccccc3n(C(C)C)c2=O)cc1.Cc1ccc(/C=C/C(=O)N(c2ccccc2)C(C)C)cc1.O=C(OI(OC(=O)C(F)(F)F)c1ccccc1)C(F)(F)F. The summed E-state index contributed by atoms with van der Waals surface area (Å²) < 4.78 is 87.2. The Labute approximate surface area is 374 Å². The van der Waals surface area contributed by atoms with E-state index in [9.17, 15) is 45.5 Å². The minimum absolute atomic E-state index is 0.00299. The van der Waals surface area contributed by atoms with Crippen LogP contribution >= 0.6 is 20.6 Å². The van der Waals surface area contributed by atoms with Gasteiger partial charge in [-0.15, -0.1) is 0 Å². The average molecular weight is 1000 g/mol. The fourth-order valence-corrected chi connectivity index (χ4v) is 8.63. The number of hydrogen-bond acceptors (Lipinski definition) is 7. The van der Waals surface area contributed by atoms with Gasteiger partial charge in [0.1, 0.15) is 5.75 Å². The zero-order valence-electron chi connectivity index (χ0n) is 35.5. The van der Waals surface area contributed by atoms with Crippen molar-refractivity contribution in [2.45, 2.75) is 59.1 Å². The topological polar surface area (TPSA) is 104 Å². The molecule has 6 aromatic rings. The van der Waals surface area contributed by atoms with Crippen LogP contribution in [-0.4, -0.2) is 47.9 Å². The third-order valence-electron chi connectivity index (χ3n) is 8.80. The van der Waals surface area contributed by atoms with Gasteiger partial charge in [0, 0.05) is 29.4 Å². The van der Waals surface area contributed by atoms with Crippen LogP contribution in [0.1, 0.15) is 44.9 Å². The Morgan fingerprint density at radius 2 is 1.20 bits per heavy atom. The molecule has 6 rings (SSSR count). The number of rotatable bonds is 10. The molecule has 0 aliphatic rings. The van der Waals surface area contributed by atoms with Crippen molar-refractivity contribution in [2.75, 3.05) is 12.0 Å². The van der Waals surface area contributed by atoms with Crippen molar-refractivity contribution < 1.29 is 51.6 Å². The van der Waals surface area contributed by atoms with Gasteiger partial charge < -0.3 is 14.2 Å². The Morgan fingerprint density at radius 1 is 0.688 bits per heavy atom. The van der Waals surface area contributed by atoms with Crippen molar-refractivity contribution in [1.29, 1.82) is 0 Å². The molecule has 0 N–H and O–H groups in total. The van der Waals surface area contributed by atoms with Gasteiger partial charge in [0.15, 0.2) is 0 Å². The van der Waals surface area contributed by atoms with E-state index in [0.29, 0.717) is 0 Å². The molecule has 0 saturated carbocycles. The molecule has 1 aromatic heterocycles. The fraction of sp³-hybridized carbons (Fsp3) is 0.208. The number of pyridine rings is 1. The van der Waals surface area contributed by atoms with Crippen molar-refractivity contribution in [3.05, 3.63) is 171 Å². The molecule has 0 fully saturated rings. The summed E-state index contributed by atoms with van der Waals surface area (Å²) in [6, 6.07) is 41.8. The first kappa shape index (κ1) is 50.2. The summed E-state index contributed by atoms with van der Waals surface area (Å²) in [5.74, 6) is -4.65. The molecule has 0 bridgehead atoms. The maximum atomic E-state index is 12.9. The maximum absolute atomic E-state index is 12.9. The minimum atomic E-state index is -5.41. The van der Waals surface area contributed by atoms with Gasteiger partial charge in [-0.25, -0.2) is 0 Å². The van der Waals surface area contributed by atoms with Gasteiger partial charge in [0.2, 0.25) is 0 Å². The second kappa shape index (κ2) is 22.8. The molecule has 1 heterocycles. The number of carbonyl (C=O) groups is 3. The number of anilines is 1. The van der Waals surface area contributed by atoms with Crippen LogP contribution in [0.3, 0.4) is 0 Å². The van der Waals surface area contributed by atoms with Crippen LogP contribution in [0.4, 0.5) is 32.0 Å². The number of benzene rings is 5. The monoisotopic (exact) mass is 1000 g/mol. The summed E-state index contributed by atoms with van der Waals surface area (Å²) in [5.41, 5.74) is 5.81. The molecule has 0 unspecified atom stereocenters. The summed E-state index contributed by atoms with van der Waals surface area (Å²) in [5, 5.41) is 1.07. The second-order valence-electron chi connectivity index (χ2n) is 14.2. The normalized spacial score (nSPS) is 11.6. The van der Waals surface area contributed by atoms with E-state index in [4.69, 9.17) is 4.74 Å². The number of fused-ring (bicyclic) bond motifs is 1. The Balaban J connectivity index is 0.000000211. The van der Waals surface area contributed by atoms with E-state index >= 15 is 0 Å². The number of methoxy groups -OCH3 is 1. The number of aryl methyl sites for hydroxylation is 1. The fourth-order valence-electron chi connectivity index (χ4n) is 5.81. The molecule has 0 aliphatic carbocycles. The Bertz CT molecular complexity index is 2530. The van der Waals surface area contributed by atoms with E-state index in [-0.39, 0.29) is 27.1 Å². The zero-order valence-corrected chi connectivity index (χ0v) is 37.6. The zero-order chi connectivity index (χ0) is 47.2. The molecule has 0 spiro atoms. The quantitative estimate of drug-likeness (QED) is 0.0765. The van der Waals surface area contributed by atoms with E-state index in [2.05, 4.69) is 13.1 Å². The molecule has 0 radical (unpaired) electrons. The van der Waals surface area contributed by atoms with E-state index in [1.54, 1.807) is 18.1 Å². The summed E-state index contributed by atoms with van der Waals surface area (Å²) in [6.45, 7) is 10.2. The number of nitrogens with zero attached hydrogens (tertiary/aromatic N) is 2. The Hall–Kier alpha value is -6.43. The van der Waals surface area contributed by atoms with E-state index in [0.717, 1.165) is 51.2 Å². The van der Waals surface area contributed by atoms with Crippen molar-refractivity contribution >= 4 is 61.2 Å². The number of alkyl halides is 6. The van der Waals surface area contributed by atoms with Crippen LogP contribution in [0.25, 0.3) is 28.1 Å². The van der Waals surface area contributed by atoms with Gasteiger partial charge in [0.05, 0.1) is 12.6 Å². The molecular formula is C48H45F6IN2O7. The molecule has 64 heavy (non-hydrogen) atoms. The number of amides is 1. The molecule has 9 nitrogen and oxygen atoms in total. The molecule has 0 atom stereocenters. The Morgan fingerprint density at radius 3 is 1.70 bits per heavy atom. The van der Waals surface area contributed by atoms with Gasteiger partial charge in [0.25, 0.3) is 11.5 Å². The number of aromatic nitrogens is 1. The van der Waals surface area contributed by atoms with Gasteiger partial charge in [-0.1, -0.05) is 78.4 Å². The number of carbonyl (C=O) groups excluding carboxylic acids is 3. The standard InChI is InChI=1S/C19H19NO2.C19H21NO.C10H5F6IO4/c1-13(2)20-18-7-5-4-6-15(18)12-17(19(20)21)14-8-10-16(22-3)11-9-14;1-15(2)20(18-7-5-4-6-8-18)19(21)14-13-17-11-9-16(3)10-12-17;11-9(12,13)7(18)20-17(6-4-2-1-3-5-6)21-8(19)10(14,15)16/h4-13H,1-3H3;4-15H,1-3H3;1-5H/b;14-13+;. The van der Waals surface area contributed by atoms with Crippen molar-refractivity contribution in [1.82, 2.24) is 4.57 Å². The molecular weight excluding hydrogens is 957 g/mol. The van der Waals surface area contributed by atoms with Crippen molar-refractivity contribution in [3.63, 3.8) is 0 Å². The van der Waals surface area contributed by atoms with Crippen molar-refractivity contribution in [3.8, 4) is 16.9 Å². The summed E-state index contributed by atoms with van der Waals surface area (Å²) >= 11 is -4.25. The van der Waals surface area contributed by atoms with Crippen LogP contribution in [0.2, 0.25) is 0 Å². The molecule has 338 valence electrons. The van der Waals surface area contributed by atoms with Crippen LogP contribution in [0.15, 0.2) is 150 Å². The van der Waals surface area contributed by atoms with Crippen molar-refractivity contribution in [2.24, 2.45) is 0 Å². The van der Waals surface area contributed by atoms with Crippen LogP contribution in [-0.2, 0) is 20.5 Å². The average Bonchev–Trinajstić information content (AvgIpc) is 3.26. The van der Waals surface area contributed by atoms with Crippen LogP contribution < -0.4 is 15.2 Å². The molecule has 16 heteroatoms. The first-order valence-corrected chi connectivity index (χ1v) is 22.3. The summed E-state index contributed by atoms with van der Waals surface area (Å²) in [7, 11) is 1.64. The second-order valence-corrected chi connectivity index (χ2v) is 17.6. The van der Waals surface area contributed by atoms with E-state index in [1.807, 2.05) is 148 Å². The number of halogens is 7. The Kier molecular flexibility index (Phi) is 17.9. The van der Waals surface area contributed by atoms with E-state index < -0.39 is 44.9 Å². The summed E-state index contributed by atoms with van der Waals surface area (Å²) in [6.07, 6.45) is -7.32. The predicted molar refractivity (Wildman–Crippen MR) is 243 cm³/mol. The van der Waals surface area contributed by atoms with Gasteiger partial charge >= 0.3 is 121 Å². The van der Waals surface area contributed by atoms with Gasteiger partial charge in [-0.3, -0.25) is 9.59 Å². The first-order valence-electron chi connectivity index (χ1n) is 19.5. The van der Waals surface area contributed by atoms with E-state index in [1.165, 1.54) is 23.8 Å². The van der Waals surface area contributed by atoms with Crippen LogP contribution in [0.5, 0.6) is 5.75 Å². The molecule has 0 saturated heterocycles. The summed E-state index contributed by atoms with van der Waals surface area (Å²) in [4.78, 5) is 48.6. The number of ether oxygens (including phenoxy) is 1. The van der Waals surface area contributed by atoms with Crippen LogP contribution in [0, 0.1) is 10.5 Å². The molecule has 0 aliphatic heterocycles. The number of hydrogen-bond donors (Lipinski definition) is 0. The predicted octanol–water partition coefficient (Wildman–Crippen LogP) is 12.1. The first-order chi connectivity index (χ1) is 30.2. The molecule has 5 aromatic carbocycles. The third-order valence-corrected chi connectivity index (χ3v) is 12.1. The van der Waals surface area contributed by atoms with Gasteiger partial charge in [-0.2, -0.15) is 0 Å².